The number of carbonyl (C=O) groups excluding carboxylic acids is 3. The van der Waals surface area contributed by atoms with Gasteiger partial charge in [-0.15, -0.1) is 6.42 Å². The second kappa shape index (κ2) is 11.5. The lowest BCUT2D eigenvalue weighted by Crippen LogP contribution is -2.45. The zero-order valence-electron chi connectivity index (χ0n) is 19.7. The Balaban J connectivity index is 1.54. The van der Waals surface area contributed by atoms with Crippen molar-refractivity contribution in [3.63, 3.8) is 0 Å². The third-order valence-corrected chi connectivity index (χ3v) is 5.94. The molecule has 2 aromatic rings. The zero-order chi connectivity index (χ0) is 24.6. The summed E-state index contributed by atoms with van der Waals surface area (Å²) in [6.45, 7) is 1.39. The molecule has 9 heteroatoms. The molecule has 0 spiro atoms. The number of anilines is 1. The first-order valence-electron chi connectivity index (χ1n) is 11.5. The maximum Gasteiger partial charge on any atom is 0.243 e. The fourth-order valence-electron chi connectivity index (χ4n) is 4.22. The van der Waals surface area contributed by atoms with Gasteiger partial charge in [-0.1, -0.05) is 42.8 Å². The van der Waals surface area contributed by atoms with E-state index in [1.807, 2.05) is 0 Å². The molecule has 1 aliphatic rings. The molecule has 1 fully saturated rings. The van der Waals surface area contributed by atoms with E-state index < -0.39 is 5.54 Å². The van der Waals surface area contributed by atoms with Crippen molar-refractivity contribution < 1.29 is 18.9 Å². The van der Waals surface area contributed by atoms with Gasteiger partial charge in [-0.05, 0) is 31.0 Å². The number of amides is 3. The van der Waals surface area contributed by atoms with Crippen LogP contribution >= 0.6 is 0 Å². The maximum atomic E-state index is 12.5. The monoisotopic (exact) mass is 465 g/mol. The number of likely N-dealkylation sites (N-methyl/N-ethyl adjacent to an activating group) is 1. The number of hydrogen-bond donors (Lipinski definition) is 2. The molecule has 180 valence electrons. The molecule has 1 aromatic heterocycles. The minimum atomic E-state index is -0.625. The number of hydrogen-bond acceptors (Lipinski definition) is 6. The zero-order valence-corrected chi connectivity index (χ0v) is 19.7. The fourth-order valence-corrected chi connectivity index (χ4v) is 4.22. The minimum Gasteiger partial charge on any atom is -0.343 e. The molecular weight excluding hydrogens is 434 g/mol. The smallest absolute Gasteiger partial charge is 0.243 e. The first kappa shape index (κ1) is 25.0. The minimum absolute atomic E-state index is 0.0974. The average Bonchev–Trinajstić information content (AvgIpc) is 3.17. The van der Waals surface area contributed by atoms with Crippen molar-refractivity contribution >= 4 is 23.4 Å². The lowest BCUT2D eigenvalue weighted by atomic mass is 9.89. The summed E-state index contributed by atoms with van der Waals surface area (Å²) in [5.41, 5.74) is 0.608. The highest BCUT2D eigenvalue weighted by atomic mass is 16.5. The van der Waals surface area contributed by atoms with Crippen LogP contribution in [0.3, 0.4) is 0 Å². The van der Waals surface area contributed by atoms with E-state index in [9.17, 15) is 14.4 Å². The van der Waals surface area contributed by atoms with Crippen molar-refractivity contribution in [2.24, 2.45) is 0 Å². The Kier molecular flexibility index (Phi) is 8.41. The van der Waals surface area contributed by atoms with Gasteiger partial charge >= 0.3 is 0 Å². The van der Waals surface area contributed by atoms with Gasteiger partial charge in [0.25, 0.3) is 0 Å². The summed E-state index contributed by atoms with van der Waals surface area (Å²) in [6.07, 6.45) is 11.4. The van der Waals surface area contributed by atoms with Gasteiger partial charge in [0, 0.05) is 38.1 Å². The molecule has 0 unspecified atom stereocenters. The van der Waals surface area contributed by atoms with Crippen LogP contribution in [0.15, 0.2) is 28.8 Å². The van der Waals surface area contributed by atoms with E-state index in [0.29, 0.717) is 23.0 Å². The van der Waals surface area contributed by atoms with Crippen LogP contribution < -0.4 is 10.6 Å². The molecule has 1 saturated carbocycles. The molecule has 2 N–H and O–H groups in total. The summed E-state index contributed by atoms with van der Waals surface area (Å²) in [4.78, 5) is 42.5. The highest BCUT2D eigenvalue weighted by molar-refractivity contribution is 5.94. The predicted octanol–water partition coefficient (Wildman–Crippen LogP) is 2.77. The van der Waals surface area contributed by atoms with Gasteiger partial charge in [0.05, 0.1) is 6.54 Å². The first-order valence-corrected chi connectivity index (χ1v) is 11.5. The van der Waals surface area contributed by atoms with Crippen LogP contribution in [0.2, 0.25) is 0 Å². The van der Waals surface area contributed by atoms with Crippen molar-refractivity contribution in [2.45, 2.75) is 63.8 Å². The fraction of sp³-hybridized carbons (Fsp3) is 0.480. The van der Waals surface area contributed by atoms with E-state index >= 15 is 0 Å². The van der Waals surface area contributed by atoms with E-state index in [1.54, 1.807) is 31.3 Å². The SMILES string of the molecule is C#Cc1cccc(NC(=O)CN(C)C(=O)CCc2nc(C3(NC(C)=O)CCCCCC3)no2)c1. The summed E-state index contributed by atoms with van der Waals surface area (Å²) in [6, 6.07) is 6.94. The number of nitrogens with zero attached hydrogens (tertiary/aromatic N) is 3. The van der Waals surface area contributed by atoms with Crippen molar-refractivity contribution in [3.8, 4) is 12.3 Å². The maximum absolute atomic E-state index is 12.5. The van der Waals surface area contributed by atoms with Gasteiger partial charge in [-0.25, -0.2) is 0 Å². The molecule has 1 heterocycles. The predicted molar refractivity (Wildman–Crippen MR) is 126 cm³/mol. The molecule has 1 aromatic carbocycles. The summed E-state index contributed by atoms with van der Waals surface area (Å²) >= 11 is 0. The number of carbonyl (C=O) groups is 3. The number of nitrogens with one attached hydrogen (secondary N) is 2. The Hall–Kier alpha value is -3.67. The van der Waals surface area contributed by atoms with E-state index in [0.717, 1.165) is 38.5 Å². The Morgan fingerprint density at radius 3 is 2.62 bits per heavy atom. The van der Waals surface area contributed by atoms with Crippen LogP contribution in [0.25, 0.3) is 0 Å². The van der Waals surface area contributed by atoms with Gasteiger partial charge in [-0.3, -0.25) is 14.4 Å². The molecule has 0 radical (unpaired) electrons. The molecule has 3 amide bonds. The Labute approximate surface area is 199 Å². The van der Waals surface area contributed by atoms with E-state index in [2.05, 4.69) is 26.7 Å². The van der Waals surface area contributed by atoms with Gasteiger partial charge in [-0.2, -0.15) is 4.98 Å². The van der Waals surface area contributed by atoms with Crippen LogP contribution in [0.1, 0.15) is 69.1 Å². The molecule has 0 aliphatic heterocycles. The van der Waals surface area contributed by atoms with E-state index in [1.165, 1.54) is 11.8 Å². The Morgan fingerprint density at radius 2 is 1.94 bits per heavy atom. The third-order valence-electron chi connectivity index (χ3n) is 5.94. The summed E-state index contributed by atoms with van der Waals surface area (Å²) in [7, 11) is 1.57. The summed E-state index contributed by atoms with van der Waals surface area (Å²) < 4.78 is 5.40. The quantitative estimate of drug-likeness (QED) is 0.457. The van der Waals surface area contributed by atoms with Gasteiger partial charge in [0.1, 0.15) is 5.54 Å². The van der Waals surface area contributed by atoms with Gasteiger partial charge in [0.2, 0.25) is 23.6 Å². The van der Waals surface area contributed by atoms with Crippen LogP contribution in [0.5, 0.6) is 0 Å². The van der Waals surface area contributed by atoms with Crippen molar-refractivity contribution in [1.29, 1.82) is 0 Å². The van der Waals surface area contributed by atoms with Crippen molar-refractivity contribution in [3.05, 3.63) is 41.5 Å². The average molecular weight is 466 g/mol. The third kappa shape index (κ3) is 6.67. The van der Waals surface area contributed by atoms with Crippen LogP contribution in [-0.4, -0.2) is 46.4 Å². The molecule has 0 saturated heterocycles. The Morgan fingerprint density at radius 1 is 1.21 bits per heavy atom. The van der Waals surface area contributed by atoms with Gasteiger partial charge < -0.3 is 20.1 Å². The molecule has 1 aliphatic carbocycles. The number of benzene rings is 1. The number of rotatable bonds is 8. The topological polar surface area (TPSA) is 117 Å². The summed E-state index contributed by atoms with van der Waals surface area (Å²) in [5.74, 6) is 2.64. The highest BCUT2D eigenvalue weighted by Gasteiger charge is 2.38. The van der Waals surface area contributed by atoms with Crippen LogP contribution in [0.4, 0.5) is 5.69 Å². The highest BCUT2D eigenvalue weighted by Crippen LogP contribution is 2.34. The van der Waals surface area contributed by atoms with E-state index in [-0.39, 0.29) is 37.1 Å². The van der Waals surface area contributed by atoms with E-state index in [4.69, 9.17) is 10.9 Å². The van der Waals surface area contributed by atoms with Crippen LogP contribution in [0, 0.1) is 12.3 Å². The molecule has 9 nitrogen and oxygen atoms in total. The normalized spacial score (nSPS) is 15.0. The number of aromatic nitrogens is 2. The molecule has 3 rings (SSSR count). The van der Waals surface area contributed by atoms with Gasteiger partial charge in [0.15, 0.2) is 5.82 Å². The van der Waals surface area contributed by atoms with Crippen molar-refractivity contribution in [1.82, 2.24) is 20.4 Å². The number of terminal acetylenes is 1. The first-order chi connectivity index (χ1) is 16.3. The standard InChI is InChI=1S/C25H31N5O4/c1-4-19-10-9-11-20(16-19)26-21(32)17-30(3)23(33)13-12-22-27-24(29-34-22)25(28-18(2)31)14-7-5-6-8-15-25/h1,9-11,16H,5-8,12-15,17H2,2-3H3,(H,26,32)(H,28,31). The largest absolute Gasteiger partial charge is 0.343 e. The lowest BCUT2D eigenvalue weighted by molar-refractivity contribution is -0.133. The molecule has 34 heavy (non-hydrogen) atoms. The molecule has 0 bridgehead atoms. The second-order valence-corrected chi connectivity index (χ2v) is 8.71. The Bertz CT molecular complexity index is 1060. The molecule has 0 atom stereocenters. The number of aryl methyl sites for hydroxylation is 1. The van der Waals surface area contributed by atoms with Crippen LogP contribution in [-0.2, 0) is 26.3 Å². The lowest BCUT2D eigenvalue weighted by Gasteiger charge is -2.30. The van der Waals surface area contributed by atoms with Crippen molar-refractivity contribution in [2.75, 3.05) is 18.9 Å². The second-order valence-electron chi connectivity index (χ2n) is 8.71. The molecular formula is C25H31N5O4. The summed E-state index contributed by atoms with van der Waals surface area (Å²) in [5, 5.41) is 9.91.